The van der Waals surface area contributed by atoms with E-state index in [2.05, 4.69) is 53.6 Å². The van der Waals surface area contributed by atoms with Crippen molar-refractivity contribution in [2.24, 2.45) is 0 Å². The first-order valence-corrected chi connectivity index (χ1v) is 12.6. The zero-order valence-electron chi connectivity index (χ0n) is 20.1. The summed E-state index contributed by atoms with van der Waals surface area (Å²) in [6.45, 7) is 8.81. The van der Waals surface area contributed by atoms with E-state index in [9.17, 15) is 9.59 Å². The summed E-state index contributed by atoms with van der Waals surface area (Å²) >= 11 is 1.41. The van der Waals surface area contributed by atoms with Crippen molar-refractivity contribution >= 4 is 23.2 Å². The summed E-state index contributed by atoms with van der Waals surface area (Å²) in [5.74, 6) is 0.704. The third kappa shape index (κ3) is 5.30. The van der Waals surface area contributed by atoms with Crippen molar-refractivity contribution in [2.45, 2.75) is 59.2 Å². The molecule has 178 valence electrons. The van der Waals surface area contributed by atoms with Crippen molar-refractivity contribution in [2.75, 3.05) is 6.54 Å². The third-order valence-electron chi connectivity index (χ3n) is 5.93. The summed E-state index contributed by atoms with van der Waals surface area (Å²) in [5.41, 5.74) is 5.04. The molecule has 0 fully saturated rings. The van der Waals surface area contributed by atoms with Gasteiger partial charge in [0.25, 0.3) is 5.91 Å². The molecule has 2 aromatic carbocycles. The molecule has 4 rings (SSSR count). The van der Waals surface area contributed by atoms with E-state index < -0.39 is 0 Å². The Bertz CT molecular complexity index is 1170. The van der Waals surface area contributed by atoms with E-state index in [0.29, 0.717) is 18.7 Å². The lowest BCUT2D eigenvalue weighted by molar-refractivity contribution is -0.132. The zero-order chi connectivity index (χ0) is 24.2. The number of fused-ring (bicyclic) bond motifs is 1. The SMILES string of the molecule is CCC(=O)N1CCc2ccc(OCc3nc(C(=O)NC(C)C)cs3)cc2[C@H]1c1ccc(C)cc1. The van der Waals surface area contributed by atoms with Crippen LogP contribution in [0.15, 0.2) is 47.8 Å². The molecule has 0 spiro atoms. The molecule has 2 heterocycles. The van der Waals surface area contributed by atoms with Gasteiger partial charge in [-0.15, -0.1) is 11.3 Å². The summed E-state index contributed by atoms with van der Waals surface area (Å²) in [5, 5.41) is 5.35. The average molecular weight is 478 g/mol. The maximum atomic E-state index is 12.8. The van der Waals surface area contributed by atoms with E-state index in [1.54, 1.807) is 5.38 Å². The largest absolute Gasteiger partial charge is 0.486 e. The van der Waals surface area contributed by atoms with Gasteiger partial charge in [-0.25, -0.2) is 4.98 Å². The molecule has 7 heteroatoms. The quantitative estimate of drug-likeness (QED) is 0.517. The number of nitrogens with one attached hydrogen (secondary N) is 1. The van der Waals surface area contributed by atoms with Crippen molar-refractivity contribution in [3.8, 4) is 5.75 Å². The van der Waals surface area contributed by atoms with Crippen molar-refractivity contribution in [3.63, 3.8) is 0 Å². The number of carbonyl (C=O) groups is 2. The average Bonchev–Trinajstić information content (AvgIpc) is 3.31. The predicted molar refractivity (Wildman–Crippen MR) is 134 cm³/mol. The second-order valence-electron chi connectivity index (χ2n) is 8.91. The number of thiazole rings is 1. The lowest BCUT2D eigenvalue weighted by Crippen LogP contribution is -2.40. The van der Waals surface area contributed by atoms with Crippen LogP contribution in [0.25, 0.3) is 0 Å². The Morgan fingerprint density at radius 1 is 1.21 bits per heavy atom. The van der Waals surface area contributed by atoms with Gasteiger partial charge in [-0.3, -0.25) is 9.59 Å². The highest BCUT2D eigenvalue weighted by Gasteiger charge is 2.31. The molecule has 6 nitrogen and oxygen atoms in total. The van der Waals surface area contributed by atoms with Gasteiger partial charge < -0.3 is 15.0 Å². The molecule has 34 heavy (non-hydrogen) atoms. The van der Waals surface area contributed by atoms with Gasteiger partial charge in [-0.1, -0.05) is 42.8 Å². The van der Waals surface area contributed by atoms with Crippen molar-refractivity contribution in [3.05, 3.63) is 80.8 Å². The number of ether oxygens (including phenoxy) is 1. The summed E-state index contributed by atoms with van der Waals surface area (Å²) in [4.78, 5) is 31.4. The monoisotopic (exact) mass is 477 g/mol. The van der Waals surface area contributed by atoms with Crippen molar-refractivity contribution in [1.29, 1.82) is 0 Å². The minimum Gasteiger partial charge on any atom is -0.486 e. The number of hydrogen-bond acceptors (Lipinski definition) is 5. The highest BCUT2D eigenvalue weighted by atomic mass is 32.1. The van der Waals surface area contributed by atoms with E-state index in [1.807, 2.05) is 31.7 Å². The van der Waals surface area contributed by atoms with Crippen LogP contribution in [0.3, 0.4) is 0 Å². The van der Waals surface area contributed by atoms with Gasteiger partial charge in [0.15, 0.2) is 0 Å². The van der Waals surface area contributed by atoms with Crippen LogP contribution >= 0.6 is 11.3 Å². The third-order valence-corrected chi connectivity index (χ3v) is 6.75. The van der Waals surface area contributed by atoms with Gasteiger partial charge in [-0.05, 0) is 56.0 Å². The van der Waals surface area contributed by atoms with Crippen LogP contribution in [-0.4, -0.2) is 34.3 Å². The smallest absolute Gasteiger partial charge is 0.270 e. The molecular formula is C27H31N3O3S. The zero-order valence-corrected chi connectivity index (χ0v) is 20.9. The minimum absolute atomic E-state index is 0.0602. The first-order valence-electron chi connectivity index (χ1n) is 11.7. The molecular weight excluding hydrogens is 446 g/mol. The Morgan fingerprint density at radius 2 is 1.97 bits per heavy atom. The molecule has 1 N–H and O–H groups in total. The summed E-state index contributed by atoms with van der Waals surface area (Å²) in [7, 11) is 0. The second kappa shape index (κ2) is 10.4. The topological polar surface area (TPSA) is 71.5 Å². The van der Waals surface area contributed by atoms with Gasteiger partial charge >= 0.3 is 0 Å². The van der Waals surface area contributed by atoms with Gasteiger partial charge in [-0.2, -0.15) is 0 Å². The van der Waals surface area contributed by atoms with E-state index in [1.165, 1.54) is 22.5 Å². The normalized spacial score (nSPS) is 15.2. The molecule has 2 amide bonds. The van der Waals surface area contributed by atoms with E-state index in [4.69, 9.17) is 4.74 Å². The Kier molecular flexibility index (Phi) is 7.32. The highest BCUT2D eigenvalue weighted by molar-refractivity contribution is 7.09. The van der Waals surface area contributed by atoms with Crippen molar-refractivity contribution < 1.29 is 14.3 Å². The Balaban J connectivity index is 1.57. The number of rotatable bonds is 7. The summed E-state index contributed by atoms with van der Waals surface area (Å²) in [6, 6.07) is 14.5. The van der Waals surface area contributed by atoms with Crippen LogP contribution in [0.5, 0.6) is 5.75 Å². The molecule has 1 aliphatic heterocycles. The number of amides is 2. The molecule has 3 aromatic rings. The van der Waals surface area contributed by atoms with Crippen molar-refractivity contribution in [1.82, 2.24) is 15.2 Å². The molecule has 0 radical (unpaired) electrons. The first-order chi connectivity index (χ1) is 16.4. The van der Waals surface area contributed by atoms with Crippen LogP contribution in [-0.2, 0) is 17.8 Å². The maximum absolute atomic E-state index is 12.8. The first kappa shape index (κ1) is 24.0. The molecule has 0 unspecified atom stereocenters. The lowest BCUT2D eigenvalue weighted by atomic mass is 9.87. The number of aromatic nitrogens is 1. The van der Waals surface area contributed by atoms with Crippen LogP contribution < -0.4 is 10.1 Å². The maximum Gasteiger partial charge on any atom is 0.270 e. The van der Waals surface area contributed by atoms with Gasteiger partial charge in [0.05, 0.1) is 6.04 Å². The number of aryl methyl sites for hydroxylation is 1. The summed E-state index contributed by atoms with van der Waals surface area (Å²) in [6.07, 6.45) is 1.30. The molecule has 1 aliphatic rings. The lowest BCUT2D eigenvalue weighted by Gasteiger charge is -2.38. The number of hydrogen-bond donors (Lipinski definition) is 1. The van der Waals surface area contributed by atoms with Crippen LogP contribution in [0.4, 0.5) is 0 Å². The minimum atomic E-state index is -0.173. The summed E-state index contributed by atoms with van der Waals surface area (Å²) < 4.78 is 6.07. The van der Waals surface area contributed by atoms with E-state index >= 15 is 0 Å². The Morgan fingerprint density at radius 3 is 2.68 bits per heavy atom. The van der Waals surface area contributed by atoms with Crippen LogP contribution in [0.2, 0.25) is 0 Å². The Labute approximate surface area is 205 Å². The predicted octanol–water partition coefficient (Wildman–Crippen LogP) is 5.05. The number of carbonyl (C=O) groups excluding carboxylic acids is 2. The van der Waals surface area contributed by atoms with Gasteiger partial charge in [0.1, 0.15) is 23.1 Å². The molecule has 0 saturated heterocycles. The van der Waals surface area contributed by atoms with Gasteiger partial charge in [0.2, 0.25) is 5.91 Å². The molecule has 1 atom stereocenters. The molecule has 0 aliphatic carbocycles. The highest BCUT2D eigenvalue weighted by Crippen LogP contribution is 2.37. The second-order valence-corrected chi connectivity index (χ2v) is 9.85. The number of nitrogens with zero attached hydrogens (tertiary/aromatic N) is 2. The standard InChI is InChI=1S/C27H31N3O3S/c1-5-25(31)30-13-12-19-10-11-21(14-22(19)26(30)20-8-6-18(4)7-9-20)33-15-24-29-23(16-34-24)27(32)28-17(2)3/h6-11,14,16-17,26H,5,12-13,15H2,1-4H3,(H,28,32)/t26-/m1/s1. The van der Waals surface area contributed by atoms with E-state index in [0.717, 1.165) is 28.3 Å². The molecule has 0 saturated carbocycles. The van der Waals surface area contributed by atoms with E-state index in [-0.39, 0.29) is 30.5 Å². The fraction of sp³-hybridized carbons (Fsp3) is 0.370. The molecule has 0 bridgehead atoms. The van der Waals surface area contributed by atoms with Crippen LogP contribution in [0, 0.1) is 6.92 Å². The number of benzene rings is 2. The van der Waals surface area contributed by atoms with Gasteiger partial charge in [0, 0.05) is 24.4 Å². The Hall–Kier alpha value is -3.19. The fourth-order valence-electron chi connectivity index (χ4n) is 4.23. The van der Waals surface area contributed by atoms with Crippen LogP contribution in [0.1, 0.15) is 71.0 Å². The fourth-order valence-corrected chi connectivity index (χ4v) is 4.91. The molecule has 1 aromatic heterocycles.